The van der Waals surface area contributed by atoms with Gasteiger partial charge in [-0.25, -0.2) is 9.99 Å². The molecule has 4 rings (SSSR count). The molecule has 1 aromatic heterocycles. The quantitative estimate of drug-likeness (QED) is 0.655. The highest BCUT2D eigenvalue weighted by Crippen LogP contribution is 2.36. The second-order valence-corrected chi connectivity index (χ2v) is 7.35. The molecule has 1 unspecified atom stereocenters. The van der Waals surface area contributed by atoms with E-state index >= 15 is 0 Å². The van der Waals surface area contributed by atoms with E-state index in [4.69, 9.17) is 23.1 Å². The summed E-state index contributed by atoms with van der Waals surface area (Å²) in [7, 11) is 0. The Morgan fingerprint density at radius 1 is 1.10 bits per heavy atom. The summed E-state index contributed by atoms with van der Waals surface area (Å²) in [6.45, 7) is 2.66. The Hall–Kier alpha value is -3.19. The van der Waals surface area contributed by atoms with Crippen LogP contribution in [0.3, 0.4) is 0 Å². The van der Waals surface area contributed by atoms with Gasteiger partial charge in [0.15, 0.2) is 0 Å². The Kier molecular flexibility index (Phi) is 5.31. The zero-order chi connectivity index (χ0) is 20.4. The van der Waals surface area contributed by atoms with Gasteiger partial charge in [0.2, 0.25) is 5.95 Å². The highest BCUT2D eigenvalue weighted by Gasteiger charge is 2.23. The van der Waals surface area contributed by atoms with Gasteiger partial charge >= 0.3 is 0 Å². The number of aryl methyl sites for hydroxylation is 1. The summed E-state index contributed by atoms with van der Waals surface area (Å²) in [5.41, 5.74) is 16.4. The SMILES string of the molecule is CCc1nc(N)nc(N)c1-c1ccc(Cl)c(N2CC(Cc3ccccc3)N=N2)c1. The van der Waals surface area contributed by atoms with Gasteiger partial charge in [0.05, 0.1) is 29.0 Å². The lowest BCUT2D eigenvalue weighted by Crippen LogP contribution is -2.22. The Labute approximate surface area is 174 Å². The maximum Gasteiger partial charge on any atom is 0.222 e. The Morgan fingerprint density at radius 2 is 1.90 bits per heavy atom. The minimum atomic E-state index is 0.0771. The summed E-state index contributed by atoms with van der Waals surface area (Å²) in [5.74, 6) is 0.530. The lowest BCUT2D eigenvalue weighted by molar-refractivity contribution is 0.713. The van der Waals surface area contributed by atoms with Gasteiger partial charge < -0.3 is 11.5 Å². The van der Waals surface area contributed by atoms with Gasteiger partial charge in [-0.2, -0.15) is 10.1 Å². The Bertz CT molecular complexity index is 1050. The van der Waals surface area contributed by atoms with Crippen LogP contribution in [0, 0.1) is 0 Å². The van der Waals surface area contributed by atoms with Crippen LogP contribution in [0.2, 0.25) is 5.02 Å². The van der Waals surface area contributed by atoms with Gasteiger partial charge in [0.1, 0.15) is 5.82 Å². The molecule has 0 saturated heterocycles. The number of aromatic nitrogens is 2. The van der Waals surface area contributed by atoms with Crippen molar-refractivity contribution >= 4 is 29.1 Å². The molecule has 7 nitrogen and oxygen atoms in total. The first kappa shape index (κ1) is 19.1. The fourth-order valence-corrected chi connectivity index (χ4v) is 3.74. The van der Waals surface area contributed by atoms with Gasteiger partial charge in [-0.05, 0) is 36.1 Å². The van der Waals surface area contributed by atoms with E-state index in [0.717, 1.165) is 28.9 Å². The van der Waals surface area contributed by atoms with E-state index in [9.17, 15) is 0 Å². The molecule has 0 aliphatic carbocycles. The molecule has 0 spiro atoms. The molecular weight excluding hydrogens is 386 g/mol. The van der Waals surface area contributed by atoms with Crippen LogP contribution in [-0.4, -0.2) is 22.6 Å². The number of hydrogen-bond donors (Lipinski definition) is 2. The van der Waals surface area contributed by atoms with Gasteiger partial charge in [0.25, 0.3) is 0 Å². The molecule has 2 heterocycles. The molecule has 0 fully saturated rings. The van der Waals surface area contributed by atoms with E-state index in [1.54, 1.807) is 0 Å². The van der Waals surface area contributed by atoms with Crippen molar-refractivity contribution in [2.24, 2.45) is 10.3 Å². The van der Waals surface area contributed by atoms with Crippen LogP contribution in [-0.2, 0) is 12.8 Å². The van der Waals surface area contributed by atoms with Crippen molar-refractivity contribution in [1.82, 2.24) is 9.97 Å². The lowest BCUT2D eigenvalue weighted by atomic mass is 10.0. The van der Waals surface area contributed by atoms with Gasteiger partial charge in [0, 0.05) is 5.56 Å². The number of hydrogen-bond acceptors (Lipinski definition) is 7. The third kappa shape index (κ3) is 4.00. The summed E-state index contributed by atoms with van der Waals surface area (Å²) in [4.78, 5) is 8.46. The average Bonchev–Trinajstić information content (AvgIpc) is 3.17. The monoisotopic (exact) mass is 407 g/mol. The van der Waals surface area contributed by atoms with Crippen LogP contribution in [0.4, 0.5) is 17.5 Å². The molecule has 3 aromatic rings. The molecule has 1 aliphatic heterocycles. The molecule has 1 aliphatic rings. The van der Waals surface area contributed by atoms with Crippen molar-refractivity contribution in [3.8, 4) is 11.1 Å². The minimum absolute atomic E-state index is 0.0771. The normalized spacial score (nSPS) is 15.8. The van der Waals surface area contributed by atoms with Crippen molar-refractivity contribution < 1.29 is 0 Å². The number of nitrogens with zero attached hydrogens (tertiary/aromatic N) is 5. The van der Waals surface area contributed by atoms with Crippen LogP contribution >= 0.6 is 11.6 Å². The number of anilines is 3. The zero-order valence-corrected chi connectivity index (χ0v) is 16.8. The zero-order valence-electron chi connectivity index (χ0n) is 16.1. The van der Waals surface area contributed by atoms with E-state index in [0.29, 0.717) is 23.8 Å². The number of benzene rings is 2. The van der Waals surface area contributed by atoms with E-state index in [2.05, 4.69) is 32.4 Å². The summed E-state index contributed by atoms with van der Waals surface area (Å²) in [5, 5.41) is 11.2. The highest BCUT2D eigenvalue weighted by atomic mass is 35.5. The van der Waals surface area contributed by atoms with Gasteiger partial charge in [-0.3, -0.25) is 0 Å². The van der Waals surface area contributed by atoms with Crippen LogP contribution in [0.15, 0.2) is 58.9 Å². The smallest absolute Gasteiger partial charge is 0.222 e. The molecule has 148 valence electrons. The standard InChI is InChI=1S/C21H22ClN7/c1-2-17-19(20(23)26-21(24)25-17)14-8-9-16(22)18(11-14)29-12-15(27-28-29)10-13-6-4-3-5-7-13/h3-9,11,15H,2,10,12H2,1H3,(H4,23,24,25,26). The Balaban J connectivity index is 1.61. The first-order chi connectivity index (χ1) is 14.0. The van der Waals surface area contributed by atoms with Crippen LogP contribution in [0.25, 0.3) is 11.1 Å². The van der Waals surface area contributed by atoms with E-state index < -0.39 is 0 Å². The van der Waals surface area contributed by atoms with Crippen molar-refractivity contribution in [1.29, 1.82) is 0 Å². The summed E-state index contributed by atoms with van der Waals surface area (Å²) < 4.78 is 0. The van der Waals surface area contributed by atoms with Gasteiger partial charge in [-0.1, -0.05) is 60.1 Å². The predicted octanol–water partition coefficient (Wildman–Crippen LogP) is 4.32. The first-order valence-corrected chi connectivity index (χ1v) is 9.87. The third-order valence-electron chi connectivity index (χ3n) is 4.90. The predicted molar refractivity (Wildman–Crippen MR) is 117 cm³/mol. The minimum Gasteiger partial charge on any atom is -0.383 e. The second kappa shape index (κ2) is 8.05. The Morgan fingerprint density at radius 3 is 2.66 bits per heavy atom. The number of nitrogen functional groups attached to an aromatic ring is 2. The molecular formula is C21H22ClN7. The summed E-state index contributed by atoms with van der Waals surface area (Å²) >= 11 is 6.48. The van der Waals surface area contributed by atoms with Crippen LogP contribution < -0.4 is 16.5 Å². The summed E-state index contributed by atoms with van der Waals surface area (Å²) in [6, 6.07) is 16.0. The fraction of sp³-hybridized carbons (Fsp3) is 0.238. The highest BCUT2D eigenvalue weighted by molar-refractivity contribution is 6.33. The molecule has 0 saturated carbocycles. The van der Waals surface area contributed by atoms with E-state index in [1.165, 1.54) is 5.56 Å². The van der Waals surface area contributed by atoms with Crippen molar-refractivity contribution in [2.75, 3.05) is 23.0 Å². The molecule has 2 aromatic carbocycles. The van der Waals surface area contributed by atoms with Crippen LogP contribution in [0.1, 0.15) is 18.2 Å². The molecule has 0 radical (unpaired) electrons. The second-order valence-electron chi connectivity index (χ2n) is 6.94. The number of nitrogens with two attached hydrogens (primary N) is 2. The average molecular weight is 408 g/mol. The van der Waals surface area contributed by atoms with E-state index in [1.807, 2.05) is 48.3 Å². The molecule has 0 bridgehead atoms. The lowest BCUT2D eigenvalue weighted by Gasteiger charge is -2.18. The van der Waals surface area contributed by atoms with Crippen LogP contribution in [0.5, 0.6) is 0 Å². The van der Waals surface area contributed by atoms with E-state index in [-0.39, 0.29) is 12.0 Å². The van der Waals surface area contributed by atoms with Crippen molar-refractivity contribution in [2.45, 2.75) is 25.8 Å². The molecule has 8 heteroatoms. The molecule has 0 amide bonds. The van der Waals surface area contributed by atoms with Crippen molar-refractivity contribution in [3.63, 3.8) is 0 Å². The summed E-state index contributed by atoms with van der Waals surface area (Å²) in [6.07, 6.45) is 1.52. The largest absolute Gasteiger partial charge is 0.383 e. The molecule has 1 atom stereocenters. The fourth-order valence-electron chi connectivity index (χ4n) is 3.53. The number of rotatable bonds is 5. The van der Waals surface area contributed by atoms with Crippen molar-refractivity contribution in [3.05, 3.63) is 64.8 Å². The topological polar surface area (TPSA) is 106 Å². The maximum absolute atomic E-state index is 6.48. The molecule has 4 N–H and O–H groups in total. The van der Waals surface area contributed by atoms with Gasteiger partial charge in [-0.15, -0.1) is 0 Å². The first-order valence-electron chi connectivity index (χ1n) is 9.49. The maximum atomic E-state index is 6.48. The molecule has 29 heavy (non-hydrogen) atoms. The number of halogens is 1. The third-order valence-corrected chi connectivity index (χ3v) is 5.22.